The average Bonchev–Trinajstić information content (AvgIpc) is 2.91. The fourth-order valence-corrected chi connectivity index (χ4v) is 4.76. The maximum atomic E-state index is 3.53. The standard InChI is InChI=1S/C13H21NS2/c1-13(7-3-8-16-13)12(14-2)5-4-11-6-9-15-10-11/h6,9-10,12,14H,3-5,7-8H2,1-2H3. The van der Waals surface area contributed by atoms with Crippen LogP contribution in [-0.4, -0.2) is 23.6 Å². The molecule has 90 valence electrons. The Morgan fingerprint density at radius 3 is 3.00 bits per heavy atom. The lowest BCUT2D eigenvalue weighted by Crippen LogP contribution is -2.43. The van der Waals surface area contributed by atoms with E-state index < -0.39 is 0 Å². The van der Waals surface area contributed by atoms with Crippen LogP contribution in [0.5, 0.6) is 0 Å². The molecule has 1 fully saturated rings. The first kappa shape index (κ1) is 12.5. The zero-order valence-corrected chi connectivity index (χ0v) is 11.8. The lowest BCUT2D eigenvalue weighted by atomic mass is 9.92. The van der Waals surface area contributed by atoms with Crippen LogP contribution in [-0.2, 0) is 6.42 Å². The van der Waals surface area contributed by atoms with Crippen LogP contribution in [0.15, 0.2) is 16.8 Å². The van der Waals surface area contributed by atoms with Gasteiger partial charge in [-0.3, -0.25) is 0 Å². The van der Waals surface area contributed by atoms with Gasteiger partial charge in [0, 0.05) is 10.8 Å². The lowest BCUT2D eigenvalue weighted by Gasteiger charge is -2.33. The first-order valence-corrected chi connectivity index (χ1v) is 8.00. The quantitative estimate of drug-likeness (QED) is 0.863. The third-order valence-electron chi connectivity index (χ3n) is 3.64. The van der Waals surface area contributed by atoms with Crippen molar-refractivity contribution in [1.82, 2.24) is 5.32 Å². The number of aryl methyl sites for hydroxylation is 1. The van der Waals surface area contributed by atoms with E-state index in [1.807, 2.05) is 0 Å². The second-order valence-corrected chi connectivity index (χ2v) is 7.19. The van der Waals surface area contributed by atoms with Crippen LogP contribution < -0.4 is 5.32 Å². The molecule has 2 unspecified atom stereocenters. The normalized spacial score (nSPS) is 27.1. The van der Waals surface area contributed by atoms with E-state index in [2.05, 4.69) is 47.9 Å². The highest BCUT2D eigenvalue weighted by molar-refractivity contribution is 8.00. The van der Waals surface area contributed by atoms with Gasteiger partial charge in [-0.1, -0.05) is 0 Å². The molecule has 0 spiro atoms. The van der Waals surface area contributed by atoms with E-state index in [0.29, 0.717) is 10.8 Å². The Morgan fingerprint density at radius 2 is 2.44 bits per heavy atom. The molecule has 1 saturated heterocycles. The van der Waals surface area contributed by atoms with Gasteiger partial charge in [0.15, 0.2) is 0 Å². The summed E-state index contributed by atoms with van der Waals surface area (Å²) in [6.07, 6.45) is 5.23. The summed E-state index contributed by atoms with van der Waals surface area (Å²) in [5.74, 6) is 1.34. The molecular weight excluding hydrogens is 234 g/mol. The monoisotopic (exact) mass is 255 g/mol. The van der Waals surface area contributed by atoms with Gasteiger partial charge < -0.3 is 5.32 Å². The highest BCUT2D eigenvalue weighted by atomic mass is 32.2. The fourth-order valence-electron chi connectivity index (χ4n) is 2.58. The first-order chi connectivity index (χ1) is 7.74. The van der Waals surface area contributed by atoms with Crippen LogP contribution in [0.1, 0.15) is 31.7 Å². The van der Waals surface area contributed by atoms with E-state index >= 15 is 0 Å². The molecule has 0 radical (unpaired) electrons. The third-order valence-corrected chi connectivity index (χ3v) is 6.01. The van der Waals surface area contributed by atoms with Gasteiger partial charge in [-0.25, -0.2) is 0 Å². The summed E-state index contributed by atoms with van der Waals surface area (Å²) in [6, 6.07) is 2.90. The van der Waals surface area contributed by atoms with E-state index in [0.717, 1.165) is 0 Å². The van der Waals surface area contributed by atoms with Crippen molar-refractivity contribution in [1.29, 1.82) is 0 Å². The Morgan fingerprint density at radius 1 is 1.56 bits per heavy atom. The van der Waals surface area contributed by atoms with E-state index in [1.54, 1.807) is 11.3 Å². The molecule has 2 heterocycles. The van der Waals surface area contributed by atoms with E-state index in [-0.39, 0.29) is 0 Å². The Bertz CT molecular complexity index is 302. The minimum Gasteiger partial charge on any atom is -0.316 e. The topological polar surface area (TPSA) is 12.0 Å². The molecule has 0 aliphatic carbocycles. The highest BCUT2D eigenvalue weighted by Crippen LogP contribution is 2.41. The van der Waals surface area contributed by atoms with E-state index in [9.17, 15) is 0 Å². The number of hydrogen-bond donors (Lipinski definition) is 1. The summed E-state index contributed by atoms with van der Waals surface area (Å²) in [5, 5.41) is 7.98. The number of thiophene rings is 1. The van der Waals surface area contributed by atoms with Crippen LogP contribution in [0.2, 0.25) is 0 Å². The van der Waals surface area contributed by atoms with Gasteiger partial charge in [0.25, 0.3) is 0 Å². The molecule has 1 aliphatic heterocycles. The summed E-state index contributed by atoms with van der Waals surface area (Å²) in [5.41, 5.74) is 1.50. The van der Waals surface area contributed by atoms with Crippen molar-refractivity contribution in [3.63, 3.8) is 0 Å². The largest absolute Gasteiger partial charge is 0.316 e. The maximum Gasteiger partial charge on any atom is 0.0285 e. The number of hydrogen-bond acceptors (Lipinski definition) is 3. The van der Waals surface area contributed by atoms with Crippen molar-refractivity contribution in [3.8, 4) is 0 Å². The van der Waals surface area contributed by atoms with Crippen molar-refractivity contribution in [2.75, 3.05) is 12.8 Å². The molecule has 16 heavy (non-hydrogen) atoms. The van der Waals surface area contributed by atoms with Gasteiger partial charge in [0.2, 0.25) is 0 Å². The second kappa shape index (κ2) is 5.56. The Labute approximate surface area is 107 Å². The number of nitrogens with one attached hydrogen (secondary N) is 1. The molecule has 0 saturated carbocycles. The molecule has 0 aromatic carbocycles. The van der Waals surface area contributed by atoms with Crippen LogP contribution in [0, 0.1) is 0 Å². The van der Waals surface area contributed by atoms with Crippen LogP contribution >= 0.6 is 23.1 Å². The van der Waals surface area contributed by atoms with Crippen molar-refractivity contribution in [2.24, 2.45) is 0 Å². The highest BCUT2D eigenvalue weighted by Gasteiger charge is 2.36. The summed E-state index contributed by atoms with van der Waals surface area (Å²) in [4.78, 5) is 0. The van der Waals surface area contributed by atoms with Crippen LogP contribution in [0.4, 0.5) is 0 Å². The maximum absolute atomic E-state index is 3.53. The van der Waals surface area contributed by atoms with Gasteiger partial charge in [0.05, 0.1) is 0 Å². The third kappa shape index (κ3) is 2.82. The number of thioether (sulfide) groups is 1. The predicted molar refractivity (Wildman–Crippen MR) is 75.6 cm³/mol. The smallest absolute Gasteiger partial charge is 0.0285 e. The number of rotatable bonds is 5. The van der Waals surface area contributed by atoms with Crippen molar-refractivity contribution >= 4 is 23.1 Å². The van der Waals surface area contributed by atoms with Crippen LogP contribution in [0.3, 0.4) is 0 Å². The average molecular weight is 255 g/mol. The summed E-state index contributed by atoms with van der Waals surface area (Å²) < 4.78 is 0.463. The van der Waals surface area contributed by atoms with Gasteiger partial charge >= 0.3 is 0 Å². The zero-order chi connectivity index (χ0) is 11.4. The first-order valence-electron chi connectivity index (χ1n) is 6.07. The summed E-state index contributed by atoms with van der Waals surface area (Å²) >= 11 is 3.96. The van der Waals surface area contributed by atoms with Gasteiger partial charge in [-0.05, 0) is 67.8 Å². The van der Waals surface area contributed by atoms with Crippen molar-refractivity contribution < 1.29 is 0 Å². The molecular formula is C13H21NS2. The van der Waals surface area contributed by atoms with E-state index in [4.69, 9.17) is 0 Å². The Hall–Kier alpha value is 0.01000. The summed E-state index contributed by atoms with van der Waals surface area (Å²) in [6.45, 7) is 2.43. The van der Waals surface area contributed by atoms with Crippen LogP contribution in [0.25, 0.3) is 0 Å². The van der Waals surface area contributed by atoms with Gasteiger partial charge in [-0.15, -0.1) is 0 Å². The van der Waals surface area contributed by atoms with Crippen molar-refractivity contribution in [3.05, 3.63) is 22.4 Å². The molecule has 1 nitrogen and oxygen atoms in total. The molecule has 1 N–H and O–H groups in total. The lowest BCUT2D eigenvalue weighted by molar-refractivity contribution is 0.404. The molecule has 0 amide bonds. The molecule has 1 aromatic heterocycles. The fraction of sp³-hybridized carbons (Fsp3) is 0.692. The van der Waals surface area contributed by atoms with E-state index in [1.165, 1.54) is 37.0 Å². The Kier molecular flexibility index (Phi) is 4.34. The molecule has 1 aromatic rings. The second-order valence-electron chi connectivity index (χ2n) is 4.78. The molecule has 3 heteroatoms. The molecule has 2 atom stereocenters. The Balaban J connectivity index is 1.90. The van der Waals surface area contributed by atoms with Gasteiger partial charge in [-0.2, -0.15) is 23.1 Å². The molecule has 1 aliphatic rings. The SMILES string of the molecule is CNC(CCc1ccsc1)C1(C)CCCS1. The van der Waals surface area contributed by atoms with Gasteiger partial charge in [0.1, 0.15) is 0 Å². The zero-order valence-electron chi connectivity index (χ0n) is 10.2. The summed E-state index contributed by atoms with van der Waals surface area (Å²) in [7, 11) is 2.11. The minimum absolute atomic E-state index is 0.463. The minimum atomic E-state index is 0.463. The predicted octanol–water partition coefficient (Wildman–Crippen LogP) is 3.55. The molecule has 2 rings (SSSR count). The molecule has 0 bridgehead atoms. The van der Waals surface area contributed by atoms with Crippen molar-refractivity contribution in [2.45, 2.75) is 43.4 Å².